The molecule has 1 heterocycles. The Bertz CT molecular complexity index is 477. The summed E-state index contributed by atoms with van der Waals surface area (Å²) in [7, 11) is 1.98. The monoisotopic (exact) mass is 248 g/mol. The van der Waals surface area contributed by atoms with Crippen molar-refractivity contribution in [3.63, 3.8) is 0 Å². The van der Waals surface area contributed by atoms with E-state index in [1.807, 2.05) is 30.3 Å². The van der Waals surface area contributed by atoms with Crippen LogP contribution in [0.25, 0.3) is 0 Å². The van der Waals surface area contributed by atoms with Crippen molar-refractivity contribution in [2.75, 3.05) is 7.05 Å². The van der Waals surface area contributed by atoms with Crippen molar-refractivity contribution in [3.05, 3.63) is 46.6 Å². The Hall–Kier alpha value is -1.28. The van der Waals surface area contributed by atoms with Gasteiger partial charge in [0, 0.05) is 29.4 Å². The topological polar surface area (TPSA) is 15.6 Å². The van der Waals surface area contributed by atoms with Crippen LogP contribution in [0, 0.1) is 0 Å². The van der Waals surface area contributed by atoms with Crippen molar-refractivity contribution >= 4 is 17.3 Å². The molecule has 1 aromatic carbocycles. The molecule has 0 saturated heterocycles. The minimum atomic E-state index is 0.259. The van der Waals surface area contributed by atoms with Gasteiger partial charge in [0.05, 0.1) is 0 Å². The average molecular weight is 249 g/mol. The standard InChI is InChI=1S/C14H17ClN2/c1-4-14-13(8-10(2)17(3)16-14)11-6-5-7-12(15)9-11/h5-9,13H,4H2,1-3H3. The Balaban J connectivity index is 2.40. The first-order valence-electron chi connectivity index (χ1n) is 5.86. The molecular formula is C14H17ClN2. The molecule has 0 aliphatic carbocycles. The molecule has 1 aliphatic heterocycles. The Kier molecular flexibility index (Phi) is 3.53. The van der Waals surface area contributed by atoms with Crippen LogP contribution in [0.5, 0.6) is 0 Å². The lowest BCUT2D eigenvalue weighted by molar-refractivity contribution is 0.432. The minimum Gasteiger partial charge on any atom is -0.273 e. The average Bonchev–Trinajstić information content (AvgIpc) is 2.32. The van der Waals surface area contributed by atoms with E-state index in [-0.39, 0.29) is 5.92 Å². The van der Waals surface area contributed by atoms with Crippen molar-refractivity contribution in [2.24, 2.45) is 5.10 Å². The number of hydrogen-bond donors (Lipinski definition) is 0. The van der Waals surface area contributed by atoms with Gasteiger partial charge in [-0.1, -0.05) is 36.7 Å². The smallest absolute Gasteiger partial charge is 0.0495 e. The van der Waals surface area contributed by atoms with E-state index < -0.39 is 0 Å². The predicted molar refractivity (Wildman–Crippen MR) is 73.4 cm³/mol. The number of rotatable bonds is 2. The maximum absolute atomic E-state index is 6.05. The van der Waals surface area contributed by atoms with Crippen LogP contribution in [0.4, 0.5) is 0 Å². The molecule has 0 saturated carbocycles. The summed E-state index contributed by atoms with van der Waals surface area (Å²) < 4.78 is 0. The second kappa shape index (κ2) is 4.92. The molecule has 90 valence electrons. The molecule has 3 heteroatoms. The first-order chi connectivity index (χ1) is 8.11. The van der Waals surface area contributed by atoms with E-state index in [4.69, 9.17) is 11.6 Å². The molecule has 0 aromatic heterocycles. The van der Waals surface area contributed by atoms with Gasteiger partial charge >= 0.3 is 0 Å². The van der Waals surface area contributed by atoms with Crippen LogP contribution >= 0.6 is 11.6 Å². The maximum atomic E-state index is 6.05. The van der Waals surface area contributed by atoms with Gasteiger partial charge in [-0.3, -0.25) is 5.01 Å². The zero-order valence-electron chi connectivity index (χ0n) is 10.4. The number of halogens is 1. The first-order valence-corrected chi connectivity index (χ1v) is 6.24. The highest BCUT2D eigenvalue weighted by Gasteiger charge is 2.20. The molecule has 1 aromatic rings. The van der Waals surface area contributed by atoms with Crippen LogP contribution in [-0.4, -0.2) is 17.8 Å². The number of hydrogen-bond acceptors (Lipinski definition) is 2. The molecule has 2 nitrogen and oxygen atoms in total. The quantitative estimate of drug-likeness (QED) is 0.771. The lowest BCUT2D eigenvalue weighted by Gasteiger charge is -2.26. The number of nitrogens with zero attached hydrogens (tertiary/aromatic N) is 2. The van der Waals surface area contributed by atoms with E-state index in [1.54, 1.807) is 0 Å². The third-order valence-electron chi connectivity index (χ3n) is 3.13. The van der Waals surface area contributed by atoms with Gasteiger partial charge in [-0.25, -0.2) is 0 Å². The largest absolute Gasteiger partial charge is 0.273 e. The molecule has 0 bridgehead atoms. The van der Waals surface area contributed by atoms with Crippen molar-refractivity contribution < 1.29 is 0 Å². The fourth-order valence-corrected chi connectivity index (χ4v) is 2.26. The van der Waals surface area contributed by atoms with Gasteiger partial charge in [0.2, 0.25) is 0 Å². The van der Waals surface area contributed by atoms with Crippen molar-refractivity contribution in [1.29, 1.82) is 0 Å². The van der Waals surface area contributed by atoms with E-state index in [0.717, 1.165) is 11.4 Å². The maximum Gasteiger partial charge on any atom is 0.0495 e. The highest BCUT2D eigenvalue weighted by Crippen LogP contribution is 2.28. The second-order valence-electron chi connectivity index (χ2n) is 4.31. The van der Waals surface area contributed by atoms with Gasteiger partial charge < -0.3 is 0 Å². The van der Waals surface area contributed by atoms with Gasteiger partial charge in [0.1, 0.15) is 0 Å². The molecule has 2 rings (SSSR count). The summed E-state index contributed by atoms with van der Waals surface area (Å²) in [5.74, 6) is 0.259. The highest BCUT2D eigenvalue weighted by molar-refractivity contribution is 6.30. The number of benzene rings is 1. The molecule has 0 N–H and O–H groups in total. The minimum absolute atomic E-state index is 0.259. The summed E-state index contributed by atoms with van der Waals surface area (Å²) in [5.41, 5.74) is 3.57. The van der Waals surface area contributed by atoms with Crippen LogP contribution < -0.4 is 0 Å². The van der Waals surface area contributed by atoms with Gasteiger partial charge in [0.25, 0.3) is 0 Å². The van der Waals surface area contributed by atoms with Crippen LogP contribution in [0.1, 0.15) is 31.7 Å². The predicted octanol–water partition coefficient (Wildman–Crippen LogP) is 4.04. The molecular weight excluding hydrogens is 232 g/mol. The molecule has 0 amide bonds. The summed E-state index contributed by atoms with van der Waals surface area (Å²) in [6.07, 6.45) is 3.20. The molecule has 0 fully saturated rings. The van der Waals surface area contributed by atoms with Gasteiger partial charge in [0.15, 0.2) is 0 Å². The van der Waals surface area contributed by atoms with Crippen LogP contribution in [0.3, 0.4) is 0 Å². The van der Waals surface area contributed by atoms with E-state index in [0.29, 0.717) is 0 Å². The molecule has 0 spiro atoms. The second-order valence-corrected chi connectivity index (χ2v) is 4.75. The van der Waals surface area contributed by atoms with Crippen LogP contribution in [0.2, 0.25) is 5.02 Å². The zero-order chi connectivity index (χ0) is 12.4. The molecule has 17 heavy (non-hydrogen) atoms. The Morgan fingerprint density at radius 3 is 2.82 bits per heavy atom. The highest BCUT2D eigenvalue weighted by atomic mass is 35.5. The van der Waals surface area contributed by atoms with Gasteiger partial charge in [-0.15, -0.1) is 0 Å². The van der Waals surface area contributed by atoms with Crippen molar-refractivity contribution in [2.45, 2.75) is 26.2 Å². The number of allylic oxidation sites excluding steroid dienone is 2. The lowest BCUT2D eigenvalue weighted by atomic mass is 9.91. The van der Waals surface area contributed by atoms with Gasteiger partial charge in [-0.2, -0.15) is 5.10 Å². The number of hydrazone groups is 1. The normalized spacial score (nSPS) is 20.0. The fraction of sp³-hybridized carbons (Fsp3) is 0.357. The Morgan fingerprint density at radius 2 is 2.18 bits per heavy atom. The third kappa shape index (κ3) is 2.52. The fourth-order valence-electron chi connectivity index (χ4n) is 2.06. The molecule has 1 atom stereocenters. The summed E-state index contributed by atoms with van der Waals surface area (Å²) in [4.78, 5) is 0. The van der Waals surface area contributed by atoms with Gasteiger partial charge in [-0.05, 0) is 31.0 Å². The first kappa shape index (κ1) is 12.2. The summed E-state index contributed by atoms with van der Waals surface area (Å²) in [5, 5.41) is 7.32. The van der Waals surface area contributed by atoms with Crippen LogP contribution in [0.15, 0.2) is 41.1 Å². The lowest BCUT2D eigenvalue weighted by Crippen LogP contribution is -2.22. The molecule has 1 unspecified atom stereocenters. The Labute approximate surface area is 108 Å². The van der Waals surface area contributed by atoms with Crippen LogP contribution in [-0.2, 0) is 0 Å². The van der Waals surface area contributed by atoms with Crippen molar-refractivity contribution in [1.82, 2.24) is 5.01 Å². The third-order valence-corrected chi connectivity index (χ3v) is 3.36. The van der Waals surface area contributed by atoms with E-state index in [9.17, 15) is 0 Å². The molecule has 0 radical (unpaired) electrons. The zero-order valence-corrected chi connectivity index (χ0v) is 11.2. The summed E-state index contributed by atoms with van der Waals surface area (Å²) in [6, 6.07) is 8.02. The van der Waals surface area contributed by atoms with E-state index in [2.05, 4.69) is 31.1 Å². The Morgan fingerprint density at radius 1 is 1.41 bits per heavy atom. The SMILES string of the molecule is CCC1=NN(C)C(C)=CC1c1cccc(Cl)c1. The molecule has 1 aliphatic rings. The summed E-state index contributed by atoms with van der Waals surface area (Å²) >= 11 is 6.05. The van der Waals surface area contributed by atoms with E-state index >= 15 is 0 Å². The van der Waals surface area contributed by atoms with Crippen molar-refractivity contribution in [3.8, 4) is 0 Å². The summed E-state index contributed by atoms with van der Waals surface area (Å²) in [6.45, 7) is 4.21. The van der Waals surface area contributed by atoms with E-state index in [1.165, 1.54) is 17.0 Å².